The molecule has 1 unspecified atom stereocenters. The van der Waals surface area contributed by atoms with Crippen molar-refractivity contribution in [3.05, 3.63) is 71.3 Å². The Labute approximate surface area is 125 Å². The van der Waals surface area contributed by atoms with Gasteiger partial charge in [-0.25, -0.2) is 8.78 Å². The molecule has 21 heavy (non-hydrogen) atoms. The lowest BCUT2D eigenvalue weighted by atomic mass is 9.98. The fourth-order valence-corrected chi connectivity index (χ4v) is 2.44. The molecule has 112 valence electrons. The molecule has 0 saturated carbocycles. The normalized spacial score (nSPS) is 12.3. The minimum Gasteiger partial charge on any atom is -0.313 e. The minimum atomic E-state index is -0.466. The Bertz CT molecular complexity index is 534. The molecule has 0 bridgehead atoms. The summed E-state index contributed by atoms with van der Waals surface area (Å²) in [6.45, 7) is 2.92. The largest absolute Gasteiger partial charge is 0.313 e. The highest BCUT2D eigenvalue weighted by Crippen LogP contribution is 2.16. The Morgan fingerprint density at radius 1 is 0.905 bits per heavy atom. The first-order valence-electron chi connectivity index (χ1n) is 7.41. The number of rotatable bonds is 7. The van der Waals surface area contributed by atoms with E-state index >= 15 is 0 Å². The maximum atomic E-state index is 13.8. The van der Waals surface area contributed by atoms with Crippen LogP contribution in [0.15, 0.2) is 48.5 Å². The fraction of sp³-hybridized carbons (Fsp3) is 0.333. The van der Waals surface area contributed by atoms with Crippen LogP contribution in [0, 0.1) is 11.6 Å². The van der Waals surface area contributed by atoms with Crippen molar-refractivity contribution >= 4 is 0 Å². The molecule has 0 aliphatic rings. The van der Waals surface area contributed by atoms with Crippen molar-refractivity contribution in [1.82, 2.24) is 5.32 Å². The lowest BCUT2D eigenvalue weighted by Crippen LogP contribution is -2.34. The molecule has 0 heterocycles. The summed E-state index contributed by atoms with van der Waals surface area (Å²) in [6.07, 6.45) is 2.10. The first-order valence-corrected chi connectivity index (χ1v) is 7.41. The second-order valence-corrected chi connectivity index (χ2v) is 5.25. The first-order chi connectivity index (χ1) is 10.2. The van der Waals surface area contributed by atoms with Crippen LogP contribution >= 0.6 is 0 Å². The van der Waals surface area contributed by atoms with E-state index in [1.807, 2.05) is 30.3 Å². The molecule has 0 aliphatic heterocycles. The van der Waals surface area contributed by atoms with Gasteiger partial charge in [0.25, 0.3) is 0 Å². The summed E-state index contributed by atoms with van der Waals surface area (Å²) < 4.78 is 27.6. The molecule has 0 aliphatic carbocycles. The molecule has 2 aromatic carbocycles. The van der Waals surface area contributed by atoms with Crippen LogP contribution in [0.1, 0.15) is 24.5 Å². The highest BCUT2D eigenvalue weighted by Gasteiger charge is 2.15. The summed E-state index contributed by atoms with van der Waals surface area (Å²) in [5.41, 5.74) is 1.34. The van der Waals surface area contributed by atoms with Gasteiger partial charge < -0.3 is 5.32 Å². The zero-order valence-electron chi connectivity index (χ0n) is 12.3. The Kier molecular flexibility index (Phi) is 5.88. The summed E-state index contributed by atoms with van der Waals surface area (Å²) in [5.74, 6) is -0.933. The molecule has 0 radical (unpaired) electrons. The summed E-state index contributed by atoms with van der Waals surface area (Å²) >= 11 is 0. The van der Waals surface area contributed by atoms with E-state index in [0.717, 1.165) is 19.4 Å². The minimum absolute atomic E-state index is 0.0266. The maximum Gasteiger partial charge on any atom is 0.129 e. The fourth-order valence-electron chi connectivity index (χ4n) is 2.44. The maximum absolute atomic E-state index is 13.8. The van der Waals surface area contributed by atoms with Crippen LogP contribution in [-0.2, 0) is 12.8 Å². The second-order valence-electron chi connectivity index (χ2n) is 5.25. The van der Waals surface area contributed by atoms with Crippen LogP contribution in [0.2, 0.25) is 0 Å². The first kappa shape index (κ1) is 15.6. The lowest BCUT2D eigenvalue weighted by molar-refractivity contribution is 0.474. The van der Waals surface area contributed by atoms with Crippen molar-refractivity contribution in [2.45, 2.75) is 32.2 Å². The van der Waals surface area contributed by atoms with E-state index in [9.17, 15) is 8.78 Å². The average Bonchev–Trinajstić information content (AvgIpc) is 2.49. The van der Waals surface area contributed by atoms with Crippen molar-refractivity contribution in [3.63, 3.8) is 0 Å². The molecule has 0 fully saturated rings. The highest BCUT2D eigenvalue weighted by atomic mass is 19.1. The van der Waals surface area contributed by atoms with E-state index in [1.165, 1.54) is 23.8 Å². The Morgan fingerprint density at radius 3 is 2.19 bits per heavy atom. The molecule has 0 saturated heterocycles. The second kappa shape index (κ2) is 7.89. The molecule has 1 N–H and O–H groups in total. The van der Waals surface area contributed by atoms with E-state index in [-0.39, 0.29) is 11.6 Å². The quantitative estimate of drug-likeness (QED) is 0.808. The van der Waals surface area contributed by atoms with Gasteiger partial charge in [-0.3, -0.25) is 0 Å². The molecule has 2 aromatic rings. The van der Waals surface area contributed by atoms with Gasteiger partial charge in [-0.2, -0.15) is 0 Å². The van der Waals surface area contributed by atoms with Crippen molar-refractivity contribution in [1.29, 1.82) is 0 Å². The molecular formula is C18H21F2N. The van der Waals surface area contributed by atoms with Crippen LogP contribution in [0.5, 0.6) is 0 Å². The summed E-state index contributed by atoms with van der Waals surface area (Å²) in [4.78, 5) is 0. The molecule has 2 rings (SSSR count). The Hall–Kier alpha value is -1.74. The summed E-state index contributed by atoms with van der Waals surface area (Å²) in [7, 11) is 0. The topological polar surface area (TPSA) is 12.0 Å². The summed E-state index contributed by atoms with van der Waals surface area (Å²) in [6, 6.07) is 14.1. The standard InChI is InChI=1S/C18H21F2N/c1-2-11-21-15(12-14-7-4-3-5-8-14)13-16-17(19)9-6-10-18(16)20/h3-10,15,21H,2,11-13H2,1H3. The van der Waals surface area contributed by atoms with E-state index in [1.54, 1.807) is 0 Å². The van der Waals surface area contributed by atoms with Gasteiger partial charge in [-0.05, 0) is 43.5 Å². The van der Waals surface area contributed by atoms with Crippen molar-refractivity contribution < 1.29 is 8.78 Å². The van der Waals surface area contributed by atoms with Gasteiger partial charge in [0.15, 0.2) is 0 Å². The zero-order chi connectivity index (χ0) is 15.1. The molecule has 0 amide bonds. The van der Waals surface area contributed by atoms with Crippen LogP contribution in [0.3, 0.4) is 0 Å². The van der Waals surface area contributed by atoms with E-state index < -0.39 is 11.6 Å². The van der Waals surface area contributed by atoms with Crippen molar-refractivity contribution in [3.8, 4) is 0 Å². The van der Waals surface area contributed by atoms with Gasteiger partial charge >= 0.3 is 0 Å². The van der Waals surface area contributed by atoms with Crippen LogP contribution in [0.4, 0.5) is 8.78 Å². The van der Waals surface area contributed by atoms with Gasteiger partial charge in [0, 0.05) is 11.6 Å². The number of halogens is 2. The van der Waals surface area contributed by atoms with Gasteiger partial charge in [0.05, 0.1) is 0 Å². The predicted octanol–water partition coefficient (Wildman–Crippen LogP) is 4.12. The zero-order valence-corrected chi connectivity index (χ0v) is 12.3. The van der Waals surface area contributed by atoms with E-state index in [2.05, 4.69) is 12.2 Å². The molecule has 0 aromatic heterocycles. The average molecular weight is 289 g/mol. The smallest absolute Gasteiger partial charge is 0.129 e. The third kappa shape index (κ3) is 4.64. The van der Waals surface area contributed by atoms with Gasteiger partial charge in [-0.15, -0.1) is 0 Å². The molecule has 0 spiro atoms. The lowest BCUT2D eigenvalue weighted by Gasteiger charge is -2.19. The highest BCUT2D eigenvalue weighted by molar-refractivity contribution is 5.22. The van der Waals surface area contributed by atoms with Crippen LogP contribution in [0.25, 0.3) is 0 Å². The van der Waals surface area contributed by atoms with Crippen molar-refractivity contribution in [2.24, 2.45) is 0 Å². The number of nitrogens with one attached hydrogen (secondary N) is 1. The number of hydrogen-bond donors (Lipinski definition) is 1. The predicted molar refractivity (Wildman–Crippen MR) is 82.3 cm³/mol. The van der Waals surface area contributed by atoms with Gasteiger partial charge in [0.2, 0.25) is 0 Å². The molecule has 1 nitrogen and oxygen atoms in total. The summed E-state index contributed by atoms with van der Waals surface area (Å²) in [5, 5.41) is 3.39. The number of benzene rings is 2. The third-order valence-electron chi connectivity index (χ3n) is 3.52. The monoisotopic (exact) mass is 289 g/mol. The third-order valence-corrected chi connectivity index (χ3v) is 3.52. The Balaban J connectivity index is 2.12. The molecule has 3 heteroatoms. The van der Waals surface area contributed by atoms with E-state index in [4.69, 9.17) is 0 Å². The van der Waals surface area contributed by atoms with Crippen LogP contribution < -0.4 is 5.32 Å². The SMILES string of the molecule is CCCNC(Cc1ccccc1)Cc1c(F)cccc1F. The molecular weight excluding hydrogens is 268 g/mol. The Morgan fingerprint density at radius 2 is 1.57 bits per heavy atom. The van der Waals surface area contributed by atoms with E-state index in [0.29, 0.717) is 6.42 Å². The molecule has 1 atom stereocenters. The van der Waals surface area contributed by atoms with Gasteiger partial charge in [0.1, 0.15) is 11.6 Å². The van der Waals surface area contributed by atoms with Crippen LogP contribution in [-0.4, -0.2) is 12.6 Å². The van der Waals surface area contributed by atoms with Gasteiger partial charge in [-0.1, -0.05) is 43.3 Å². The number of hydrogen-bond acceptors (Lipinski definition) is 1. The van der Waals surface area contributed by atoms with Crippen molar-refractivity contribution in [2.75, 3.05) is 6.54 Å².